The average Bonchev–Trinajstić information content (AvgIpc) is 2.69. The van der Waals surface area contributed by atoms with Crippen LogP contribution in [-0.4, -0.2) is 20.9 Å². The number of hydrogen-bond donors (Lipinski definition) is 1. The molecule has 0 saturated carbocycles. The number of aryl methyl sites for hydroxylation is 3. The van der Waals surface area contributed by atoms with E-state index in [4.69, 9.17) is 0 Å². The van der Waals surface area contributed by atoms with Gasteiger partial charge in [0.05, 0.1) is 10.6 Å². The van der Waals surface area contributed by atoms with E-state index in [9.17, 15) is 13.2 Å². The number of amides is 1. The Morgan fingerprint density at radius 1 is 0.862 bits per heavy atom. The summed E-state index contributed by atoms with van der Waals surface area (Å²) in [5.74, 6) is -0.408. The van der Waals surface area contributed by atoms with Gasteiger partial charge in [0.25, 0.3) is 10.0 Å². The van der Waals surface area contributed by atoms with Crippen LogP contribution in [0.25, 0.3) is 0 Å². The van der Waals surface area contributed by atoms with Gasteiger partial charge < -0.3 is 5.32 Å². The molecule has 0 aliphatic carbocycles. The number of carbonyl (C=O) groups excluding carboxylic acids is 1. The van der Waals surface area contributed by atoms with Crippen LogP contribution in [0.3, 0.4) is 0 Å². The van der Waals surface area contributed by atoms with Crippen molar-refractivity contribution in [1.29, 1.82) is 0 Å². The van der Waals surface area contributed by atoms with Crippen molar-refractivity contribution in [3.05, 3.63) is 89.5 Å². The first kappa shape index (κ1) is 20.6. The number of benzene rings is 3. The van der Waals surface area contributed by atoms with Gasteiger partial charge in [-0.25, -0.2) is 8.42 Å². The van der Waals surface area contributed by atoms with E-state index < -0.39 is 15.9 Å². The standard InChI is InChI=1S/C23H24N2O3S/c1-17-8-7-9-21(14-17)25(29(27,28)22-10-5-4-6-11-22)16-23(26)24-20-13-12-18(2)19(3)15-20/h4-15H,16H2,1-3H3,(H,24,26). The molecule has 0 atom stereocenters. The number of anilines is 2. The van der Waals surface area contributed by atoms with Crippen LogP contribution in [0.15, 0.2) is 77.7 Å². The number of nitrogens with zero attached hydrogens (tertiary/aromatic N) is 1. The van der Waals surface area contributed by atoms with Crippen LogP contribution in [0, 0.1) is 20.8 Å². The predicted molar refractivity (Wildman–Crippen MR) is 117 cm³/mol. The summed E-state index contributed by atoms with van der Waals surface area (Å²) in [6, 6.07) is 20.8. The second-order valence-corrected chi connectivity index (χ2v) is 8.87. The van der Waals surface area contributed by atoms with Crippen molar-refractivity contribution in [2.45, 2.75) is 25.7 Å². The molecule has 1 N–H and O–H groups in total. The molecule has 0 aliphatic heterocycles. The third-order valence-corrected chi connectivity index (χ3v) is 6.49. The molecule has 0 heterocycles. The topological polar surface area (TPSA) is 66.5 Å². The summed E-state index contributed by atoms with van der Waals surface area (Å²) < 4.78 is 27.7. The van der Waals surface area contributed by atoms with Gasteiger partial charge in [0.15, 0.2) is 0 Å². The molecule has 0 aliphatic rings. The molecule has 6 heteroatoms. The van der Waals surface area contributed by atoms with E-state index in [0.717, 1.165) is 21.0 Å². The van der Waals surface area contributed by atoms with Crippen LogP contribution >= 0.6 is 0 Å². The smallest absolute Gasteiger partial charge is 0.264 e. The Kier molecular flexibility index (Phi) is 6.03. The Bertz CT molecular complexity index is 1130. The largest absolute Gasteiger partial charge is 0.325 e. The van der Waals surface area contributed by atoms with Gasteiger partial charge in [0, 0.05) is 5.69 Å². The fraction of sp³-hybridized carbons (Fsp3) is 0.174. The lowest BCUT2D eigenvalue weighted by atomic mass is 10.1. The number of rotatable bonds is 6. The van der Waals surface area contributed by atoms with E-state index in [0.29, 0.717) is 11.4 Å². The second-order valence-electron chi connectivity index (χ2n) is 7.01. The molecule has 5 nitrogen and oxygen atoms in total. The zero-order valence-electron chi connectivity index (χ0n) is 16.7. The first-order valence-electron chi connectivity index (χ1n) is 9.29. The van der Waals surface area contributed by atoms with Gasteiger partial charge in [0.1, 0.15) is 6.54 Å². The molecule has 0 radical (unpaired) electrons. The maximum atomic E-state index is 13.3. The zero-order chi connectivity index (χ0) is 21.0. The van der Waals surface area contributed by atoms with Gasteiger partial charge in [0.2, 0.25) is 5.91 Å². The fourth-order valence-corrected chi connectivity index (χ4v) is 4.40. The van der Waals surface area contributed by atoms with Crippen molar-refractivity contribution in [3.63, 3.8) is 0 Å². The summed E-state index contributed by atoms with van der Waals surface area (Å²) in [4.78, 5) is 12.9. The first-order chi connectivity index (χ1) is 13.8. The Morgan fingerprint density at radius 2 is 1.59 bits per heavy atom. The Labute approximate surface area is 172 Å². The Morgan fingerprint density at radius 3 is 2.24 bits per heavy atom. The molecule has 0 fully saturated rings. The van der Waals surface area contributed by atoms with Crippen LogP contribution in [0.4, 0.5) is 11.4 Å². The quantitative estimate of drug-likeness (QED) is 0.655. The van der Waals surface area contributed by atoms with Gasteiger partial charge >= 0.3 is 0 Å². The molecule has 0 spiro atoms. The lowest BCUT2D eigenvalue weighted by molar-refractivity contribution is -0.114. The normalized spacial score (nSPS) is 11.1. The highest BCUT2D eigenvalue weighted by Crippen LogP contribution is 2.24. The van der Waals surface area contributed by atoms with E-state index in [1.54, 1.807) is 36.4 Å². The van der Waals surface area contributed by atoms with Crippen molar-refractivity contribution < 1.29 is 13.2 Å². The van der Waals surface area contributed by atoms with Crippen LogP contribution in [-0.2, 0) is 14.8 Å². The number of nitrogens with one attached hydrogen (secondary N) is 1. The maximum absolute atomic E-state index is 13.3. The summed E-state index contributed by atoms with van der Waals surface area (Å²) in [5.41, 5.74) is 4.17. The third kappa shape index (κ3) is 4.84. The van der Waals surface area contributed by atoms with Crippen molar-refractivity contribution in [2.75, 3.05) is 16.2 Å². The molecule has 150 valence electrons. The zero-order valence-corrected chi connectivity index (χ0v) is 17.5. The molecular formula is C23H24N2O3S. The number of sulfonamides is 1. The fourth-order valence-electron chi connectivity index (χ4n) is 2.97. The molecule has 3 aromatic carbocycles. The molecule has 0 unspecified atom stereocenters. The predicted octanol–water partition coefficient (Wildman–Crippen LogP) is 4.45. The minimum Gasteiger partial charge on any atom is -0.325 e. The van der Waals surface area contributed by atoms with Crippen LogP contribution in [0.5, 0.6) is 0 Å². The van der Waals surface area contributed by atoms with Crippen molar-refractivity contribution in [2.24, 2.45) is 0 Å². The summed E-state index contributed by atoms with van der Waals surface area (Å²) >= 11 is 0. The van der Waals surface area contributed by atoms with Crippen LogP contribution < -0.4 is 9.62 Å². The molecule has 0 aromatic heterocycles. The second kappa shape index (κ2) is 8.49. The highest BCUT2D eigenvalue weighted by molar-refractivity contribution is 7.92. The van der Waals surface area contributed by atoms with Gasteiger partial charge in [-0.05, 0) is 73.9 Å². The van der Waals surface area contributed by atoms with E-state index in [-0.39, 0.29) is 11.4 Å². The lowest BCUT2D eigenvalue weighted by Crippen LogP contribution is -2.38. The Hall–Kier alpha value is -3.12. The van der Waals surface area contributed by atoms with Crippen LogP contribution in [0.2, 0.25) is 0 Å². The van der Waals surface area contributed by atoms with Gasteiger partial charge in [-0.1, -0.05) is 36.4 Å². The van der Waals surface area contributed by atoms with Crippen molar-refractivity contribution >= 4 is 27.3 Å². The summed E-state index contributed by atoms with van der Waals surface area (Å²) in [6.07, 6.45) is 0. The van der Waals surface area contributed by atoms with E-state index in [1.807, 2.05) is 45.0 Å². The first-order valence-corrected chi connectivity index (χ1v) is 10.7. The van der Waals surface area contributed by atoms with Gasteiger partial charge in [-0.3, -0.25) is 9.10 Å². The summed E-state index contributed by atoms with van der Waals surface area (Å²) in [6.45, 7) is 5.51. The van der Waals surface area contributed by atoms with Crippen LogP contribution in [0.1, 0.15) is 16.7 Å². The minimum absolute atomic E-state index is 0.139. The molecule has 0 saturated heterocycles. The highest BCUT2D eigenvalue weighted by atomic mass is 32.2. The summed E-state index contributed by atoms with van der Waals surface area (Å²) in [7, 11) is -3.90. The lowest BCUT2D eigenvalue weighted by Gasteiger charge is -2.24. The number of hydrogen-bond acceptors (Lipinski definition) is 3. The summed E-state index contributed by atoms with van der Waals surface area (Å²) in [5, 5.41) is 2.80. The van der Waals surface area contributed by atoms with E-state index >= 15 is 0 Å². The SMILES string of the molecule is Cc1cccc(N(CC(=O)Nc2ccc(C)c(C)c2)S(=O)(=O)c2ccccc2)c1. The Balaban J connectivity index is 1.93. The molecule has 3 aromatic rings. The molecular weight excluding hydrogens is 384 g/mol. The van der Waals surface area contributed by atoms with Crippen molar-refractivity contribution in [3.8, 4) is 0 Å². The van der Waals surface area contributed by atoms with Gasteiger partial charge in [-0.2, -0.15) is 0 Å². The van der Waals surface area contributed by atoms with E-state index in [2.05, 4.69) is 5.32 Å². The molecule has 29 heavy (non-hydrogen) atoms. The van der Waals surface area contributed by atoms with E-state index in [1.165, 1.54) is 12.1 Å². The average molecular weight is 409 g/mol. The molecule has 0 bridgehead atoms. The maximum Gasteiger partial charge on any atom is 0.264 e. The monoisotopic (exact) mass is 408 g/mol. The molecule has 3 rings (SSSR count). The minimum atomic E-state index is -3.90. The third-order valence-electron chi connectivity index (χ3n) is 4.70. The van der Waals surface area contributed by atoms with Gasteiger partial charge in [-0.15, -0.1) is 0 Å². The number of carbonyl (C=O) groups is 1. The molecule has 1 amide bonds. The van der Waals surface area contributed by atoms with Crippen molar-refractivity contribution in [1.82, 2.24) is 0 Å². The highest BCUT2D eigenvalue weighted by Gasteiger charge is 2.27.